The maximum atomic E-state index is 12.3. The predicted octanol–water partition coefficient (Wildman–Crippen LogP) is 1.53. The highest BCUT2D eigenvalue weighted by molar-refractivity contribution is 5.84. The number of carboxylic acid groups (broad SMARTS) is 1. The summed E-state index contributed by atoms with van der Waals surface area (Å²) in [7, 11) is 0. The molecule has 23 heavy (non-hydrogen) atoms. The van der Waals surface area contributed by atoms with Gasteiger partial charge in [-0.2, -0.15) is 0 Å². The van der Waals surface area contributed by atoms with Crippen molar-refractivity contribution in [2.24, 2.45) is 11.3 Å². The molecule has 5 heteroatoms. The van der Waals surface area contributed by atoms with Gasteiger partial charge in [0.15, 0.2) is 0 Å². The molecular weight excluding hydrogens is 292 g/mol. The summed E-state index contributed by atoms with van der Waals surface area (Å²) >= 11 is 0. The third-order valence-electron chi connectivity index (χ3n) is 5.56. The lowest BCUT2D eigenvalue weighted by atomic mass is 9.61. The second-order valence-corrected chi connectivity index (χ2v) is 7.25. The van der Waals surface area contributed by atoms with Crippen LogP contribution in [0.25, 0.3) is 0 Å². The molecule has 3 rings (SSSR count). The molecule has 1 unspecified atom stereocenters. The molecule has 1 atom stereocenters. The van der Waals surface area contributed by atoms with Crippen LogP contribution in [0.4, 0.5) is 0 Å². The van der Waals surface area contributed by atoms with E-state index < -0.39 is 11.4 Å². The van der Waals surface area contributed by atoms with E-state index in [9.17, 15) is 14.7 Å². The maximum absolute atomic E-state index is 12.3. The minimum Gasteiger partial charge on any atom is -0.481 e. The summed E-state index contributed by atoms with van der Waals surface area (Å²) in [6.45, 7) is 3.83. The third kappa shape index (κ3) is 2.98. The van der Waals surface area contributed by atoms with Crippen LogP contribution in [0.15, 0.2) is 30.3 Å². The molecule has 1 spiro atoms. The lowest BCUT2D eigenvalue weighted by Crippen LogP contribution is -2.50. The van der Waals surface area contributed by atoms with Crippen molar-refractivity contribution in [3.05, 3.63) is 35.9 Å². The number of aliphatic carboxylic acids is 1. The van der Waals surface area contributed by atoms with E-state index in [0.29, 0.717) is 11.0 Å². The van der Waals surface area contributed by atoms with Gasteiger partial charge in [-0.1, -0.05) is 30.3 Å². The number of carbonyl (C=O) groups excluding carboxylic acids is 1. The first-order valence-electron chi connectivity index (χ1n) is 8.23. The number of carbonyl (C=O) groups is 2. The van der Waals surface area contributed by atoms with Gasteiger partial charge in [-0.15, -0.1) is 0 Å². The quantitative estimate of drug-likeness (QED) is 0.770. The fraction of sp³-hybridized carbons (Fsp3) is 0.556. The van der Waals surface area contributed by atoms with Crippen molar-refractivity contribution >= 4 is 11.9 Å². The largest absolute Gasteiger partial charge is 0.481 e. The van der Waals surface area contributed by atoms with E-state index in [2.05, 4.69) is 10.6 Å². The molecule has 1 aromatic carbocycles. The summed E-state index contributed by atoms with van der Waals surface area (Å²) in [6, 6.07) is 9.08. The maximum Gasteiger partial charge on any atom is 0.315 e. The lowest BCUT2D eigenvalue weighted by molar-refractivity contribution is -0.143. The van der Waals surface area contributed by atoms with Crippen LogP contribution < -0.4 is 10.6 Å². The van der Waals surface area contributed by atoms with Crippen LogP contribution in [-0.2, 0) is 15.0 Å². The van der Waals surface area contributed by atoms with Crippen LogP contribution in [0.2, 0.25) is 0 Å². The van der Waals surface area contributed by atoms with E-state index >= 15 is 0 Å². The number of carboxylic acids is 1. The van der Waals surface area contributed by atoms with Gasteiger partial charge < -0.3 is 15.7 Å². The van der Waals surface area contributed by atoms with Crippen molar-refractivity contribution in [3.8, 4) is 0 Å². The van der Waals surface area contributed by atoms with Gasteiger partial charge in [0.2, 0.25) is 5.91 Å². The Hall–Kier alpha value is -1.88. The normalized spacial score (nSPS) is 28.8. The first-order chi connectivity index (χ1) is 11.0. The first kappa shape index (κ1) is 16.0. The summed E-state index contributed by atoms with van der Waals surface area (Å²) < 4.78 is 0. The van der Waals surface area contributed by atoms with E-state index in [1.807, 2.05) is 18.2 Å². The summed E-state index contributed by atoms with van der Waals surface area (Å²) in [5.41, 5.74) is -0.0805. The smallest absolute Gasteiger partial charge is 0.315 e. The van der Waals surface area contributed by atoms with Crippen LogP contribution >= 0.6 is 0 Å². The van der Waals surface area contributed by atoms with Gasteiger partial charge in [-0.05, 0) is 43.7 Å². The average molecular weight is 316 g/mol. The van der Waals surface area contributed by atoms with Crippen LogP contribution in [-0.4, -0.2) is 36.6 Å². The van der Waals surface area contributed by atoms with E-state index in [-0.39, 0.29) is 18.4 Å². The molecule has 0 radical (unpaired) electrons. The fourth-order valence-electron chi connectivity index (χ4n) is 3.83. The Morgan fingerprint density at radius 1 is 1.35 bits per heavy atom. The molecule has 1 saturated carbocycles. The Bertz CT molecular complexity index is 588. The van der Waals surface area contributed by atoms with Crippen molar-refractivity contribution < 1.29 is 14.7 Å². The molecule has 0 aromatic heterocycles. The van der Waals surface area contributed by atoms with Crippen LogP contribution in [0, 0.1) is 11.3 Å². The van der Waals surface area contributed by atoms with Crippen LogP contribution in [0.3, 0.4) is 0 Å². The molecule has 3 N–H and O–H groups in total. The van der Waals surface area contributed by atoms with E-state index in [4.69, 9.17) is 0 Å². The SMILES string of the molecule is CC(CNC(=O)C1CC2(CCNC2)C1)(C(=O)O)c1ccccc1. The minimum absolute atomic E-state index is 0.00840. The molecule has 1 amide bonds. The van der Waals surface area contributed by atoms with Crippen molar-refractivity contribution in [1.29, 1.82) is 0 Å². The summed E-state index contributed by atoms with van der Waals surface area (Å²) in [6.07, 6.45) is 2.98. The number of hydrogen-bond donors (Lipinski definition) is 3. The molecule has 2 aliphatic rings. The zero-order valence-corrected chi connectivity index (χ0v) is 13.5. The Morgan fingerprint density at radius 3 is 2.61 bits per heavy atom. The highest BCUT2D eigenvalue weighted by Gasteiger charge is 2.49. The van der Waals surface area contributed by atoms with Crippen molar-refractivity contribution in [2.45, 2.75) is 31.6 Å². The average Bonchev–Trinajstić information content (AvgIpc) is 3.01. The number of benzene rings is 1. The van der Waals surface area contributed by atoms with Gasteiger partial charge in [0.25, 0.3) is 0 Å². The Balaban J connectivity index is 1.59. The van der Waals surface area contributed by atoms with Gasteiger partial charge in [0, 0.05) is 19.0 Å². The lowest BCUT2D eigenvalue weighted by Gasteiger charge is -2.44. The third-order valence-corrected chi connectivity index (χ3v) is 5.56. The Morgan fingerprint density at radius 2 is 2.04 bits per heavy atom. The number of amides is 1. The van der Waals surface area contributed by atoms with E-state index in [1.54, 1.807) is 19.1 Å². The van der Waals surface area contributed by atoms with Gasteiger partial charge in [-0.3, -0.25) is 9.59 Å². The van der Waals surface area contributed by atoms with Crippen molar-refractivity contribution in [1.82, 2.24) is 10.6 Å². The zero-order chi connectivity index (χ0) is 16.5. The number of rotatable bonds is 5. The second kappa shape index (κ2) is 5.96. The van der Waals surface area contributed by atoms with Gasteiger partial charge in [0.05, 0.1) is 0 Å². The summed E-state index contributed by atoms with van der Waals surface area (Å²) in [5, 5.41) is 15.8. The molecule has 2 fully saturated rings. The van der Waals surface area contributed by atoms with Gasteiger partial charge in [0.1, 0.15) is 5.41 Å². The highest BCUT2D eigenvalue weighted by atomic mass is 16.4. The van der Waals surface area contributed by atoms with Crippen LogP contribution in [0.1, 0.15) is 31.7 Å². The standard InChI is InChI=1S/C18H24N2O3/c1-17(16(22)23,14-5-3-2-4-6-14)11-20-15(21)13-9-18(10-13)7-8-19-12-18/h2-6,13,19H,7-12H2,1H3,(H,20,21)(H,22,23). The Kier molecular flexibility index (Phi) is 4.15. The van der Waals surface area contributed by atoms with Gasteiger partial charge >= 0.3 is 5.97 Å². The minimum atomic E-state index is -1.10. The Labute approximate surface area is 136 Å². The monoisotopic (exact) mass is 316 g/mol. The summed E-state index contributed by atoms with van der Waals surface area (Å²) in [4.78, 5) is 24.1. The molecule has 0 bridgehead atoms. The molecule has 1 saturated heterocycles. The molecule has 124 valence electrons. The molecule has 1 aromatic rings. The molecule has 5 nitrogen and oxygen atoms in total. The highest BCUT2D eigenvalue weighted by Crippen LogP contribution is 2.49. The second-order valence-electron chi connectivity index (χ2n) is 7.25. The number of nitrogens with one attached hydrogen (secondary N) is 2. The fourth-order valence-corrected chi connectivity index (χ4v) is 3.83. The van der Waals surface area contributed by atoms with Gasteiger partial charge in [-0.25, -0.2) is 0 Å². The van der Waals surface area contributed by atoms with E-state index in [1.165, 1.54) is 0 Å². The summed E-state index contributed by atoms with van der Waals surface area (Å²) in [5.74, 6) is -0.899. The predicted molar refractivity (Wildman–Crippen MR) is 87.1 cm³/mol. The molecule has 1 aliphatic carbocycles. The number of hydrogen-bond acceptors (Lipinski definition) is 3. The molecule has 1 aliphatic heterocycles. The van der Waals surface area contributed by atoms with Crippen molar-refractivity contribution in [3.63, 3.8) is 0 Å². The molecular formula is C18H24N2O3. The van der Waals surface area contributed by atoms with Crippen molar-refractivity contribution in [2.75, 3.05) is 19.6 Å². The van der Waals surface area contributed by atoms with Crippen LogP contribution in [0.5, 0.6) is 0 Å². The van der Waals surface area contributed by atoms with E-state index in [0.717, 1.165) is 32.4 Å². The first-order valence-corrected chi connectivity index (χ1v) is 8.23. The molecule has 1 heterocycles. The topological polar surface area (TPSA) is 78.4 Å². The zero-order valence-electron chi connectivity index (χ0n) is 13.5.